The van der Waals surface area contributed by atoms with Gasteiger partial charge < -0.3 is 9.84 Å². The molecule has 18 heavy (non-hydrogen) atoms. The SMILES string of the molecule is C=COC(C)=O.[N-]=[N+]=Nc1ccc(C(=O)O)cc1. The van der Waals surface area contributed by atoms with Crippen molar-refractivity contribution in [3.05, 3.63) is 53.1 Å². The van der Waals surface area contributed by atoms with Gasteiger partial charge in [-0.2, -0.15) is 0 Å². The van der Waals surface area contributed by atoms with Crippen LogP contribution in [-0.2, 0) is 9.53 Å². The first-order valence-corrected chi connectivity index (χ1v) is 4.67. The minimum Gasteiger partial charge on any atom is -0.478 e. The molecule has 94 valence electrons. The molecular formula is C11H11N3O4. The molecule has 7 nitrogen and oxygen atoms in total. The lowest BCUT2D eigenvalue weighted by atomic mass is 10.2. The number of rotatable bonds is 3. The van der Waals surface area contributed by atoms with Crippen molar-refractivity contribution in [2.75, 3.05) is 0 Å². The van der Waals surface area contributed by atoms with E-state index in [2.05, 4.69) is 21.3 Å². The van der Waals surface area contributed by atoms with Crippen LogP contribution in [0.2, 0.25) is 0 Å². The second-order valence-electron chi connectivity index (χ2n) is 2.82. The van der Waals surface area contributed by atoms with Crippen LogP contribution in [0.25, 0.3) is 10.4 Å². The van der Waals surface area contributed by atoms with E-state index in [1.165, 1.54) is 31.2 Å². The van der Waals surface area contributed by atoms with Crippen molar-refractivity contribution in [1.29, 1.82) is 0 Å². The molecular weight excluding hydrogens is 238 g/mol. The normalized spacial score (nSPS) is 8.06. The smallest absolute Gasteiger partial charge is 0.335 e. The summed E-state index contributed by atoms with van der Waals surface area (Å²) in [5, 5.41) is 11.8. The Balaban J connectivity index is 0.000000411. The molecule has 0 bridgehead atoms. The summed E-state index contributed by atoms with van der Waals surface area (Å²) in [5.74, 6) is -1.33. The Labute approximate surface area is 103 Å². The highest BCUT2D eigenvalue weighted by molar-refractivity contribution is 5.87. The van der Waals surface area contributed by atoms with Gasteiger partial charge in [-0.15, -0.1) is 0 Å². The first-order chi connectivity index (χ1) is 8.51. The largest absolute Gasteiger partial charge is 0.478 e. The van der Waals surface area contributed by atoms with Crippen LogP contribution < -0.4 is 0 Å². The van der Waals surface area contributed by atoms with Gasteiger partial charge in [0.1, 0.15) is 0 Å². The molecule has 0 aliphatic rings. The molecule has 1 aromatic carbocycles. The zero-order chi connectivity index (χ0) is 14.0. The van der Waals surface area contributed by atoms with E-state index < -0.39 is 5.97 Å². The number of hydrogen-bond acceptors (Lipinski definition) is 4. The predicted molar refractivity (Wildman–Crippen MR) is 64.2 cm³/mol. The van der Waals surface area contributed by atoms with Gasteiger partial charge in [-0.1, -0.05) is 23.8 Å². The quantitative estimate of drug-likeness (QED) is 0.291. The predicted octanol–water partition coefficient (Wildman–Crippen LogP) is 3.02. The van der Waals surface area contributed by atoms with Gasteiger partial charge in [0, 0.05) is 17.5 Å². The summed E-state index contributed by atoms with van der Waals surface area (Å²) in [6, 6.07) is 5.66. The number of benzene rings is 1. The zero-order valence-electron chi connectivity index (χ0n) is 9.61. The standard InChI is InChI=1S/C7H5N3O2.C4H6O2/c8-10-9-6-3-1-5(2-4-6)7(11)12;1-3-6-4(2)5/h1-4H,(H,11,12);3H,1H2,2H3. The molecule has 0 aliphatic heterocycles. The summed E-state index contributed by atoms with van der Waals surface area (Å²) in [6.07, 6.45) is 1.10. The molecule has 0 saturated carbocycles. The van der Waals surface area contributed by atoms with Crippen LogP contribution in [0, 0.1) is 0 Å². The van der Waals surface area contributed by atoms with E-state index in [1.807, 2.05) is 0 Å². The molecule has 0 radical (unpaired) electrons. The van der Waals surface area contributed by atoms with Crippen LogP contribution >= 0.6 is 0 Å². The van der Waals surface area contributed by atoms with Gasteiger partial charge in [0.15, 0.2) is 0 Å². The van der Waals surface area contributed by atoms with Crippen molar-refractivity contribution < 1.29 is 19.4 Å². The maximum Gasteiger partial charge on any atom is 0.335 e. The van der Waals surface area contributed by atoms with Gasteiger partial charge in [-0.25, -0.2) is 4.79 Å². The van der Waals surface area contributed by atoms with Crippen molar-refractivity contribution in [2.24, 2.45) is 5.11 Å². The maximum atomic E-state index is 10.4. The summed E-state index contributed by atoms with van der Waals surface area (Å²) < 4.78 is 4.17. The Morgan fingerprint density at radius 3 is 2.28 bits per heavy atom. The number of carbonyl (C=O) groups is 2. The Morgan fingerprint density at radius 2 is 2.00 bits per heavy atom. The number of ether oxygens (including phenoxy) is 1. The summed E-state index contributed by atoms with van der Waals surface area (Å²) >= 11 is 0. The highest BCUT2D eigenvalue weighted by atomic mass is 16.5. The first kappa shape index (κ1) is 15.2. The van der Waals surface area contributed by atoms with E-state index in [1.54, 1.807) is 0 Å². The number of nitrogens with zero attached hydrogens (tertiary/aromatic N) is 3. The molecule has 0 aromatic heterocycles. The number of aromatic carboxylic acids is 1. The number of esters is 1. The Kier molecular flexibility index (Phi) is 7.07. The molecule has 7 heteroatoms. The molecule has 0 aliphatic carbocycles. The number of hydrogen-bond donors (Lipinski definition) is 1. The second kappa shape index (κ2) is 8.37. The van der Waals surface area contributed by atoms with Crippen molar-refractivity contribution in [1.82, 2.24) is 0 Å². The van der Waals surface area contributed by atoms with Crippen LogP contribution in [0.4, 0.5) is 5.69 Å². The highest BCUT2D eigenvalue weighted by Crippen LogP contribution is 2.12. The average molecular weight is 249 g/mol. The third-order valence-corrected chi connectivity index (χ3v) is 1.52. The van der Waals surface area contributed by atoms with E-state index >= 15 is 0 Å². The summed E-state index contributed by atoms with van der Waals surface area (Å²) in [7, 11) is 0. The zero-order valence-corrected chi connectivity index (χ0v) is 9.61. The first-order valence-electron chi connectivity index (χ1n) is 4.67. The summed E-state index contributed by atoms with van der Waals surface area (Å²) in [6.45, 7) is 4.48. The molecule has 0 heterocycles. The Hall–Kier alpha value is -2.79. The second-order valence-corrected chi connectivity index (χ2v) is 2.82. The van der Waals surface area contributed by atoms with E-state index in [0.29, 0.717) is 5.69 Å². The molecule has 0 fully saturated rings. The van der Waals surface area contributed by atoms with E-state index in [-0.39, 0.29) is 11.5 Å². The number of carboxylic acids is 1. The van der Waals surface area contributed by atoms with Gasteiger partial charge in [0.2, 0.25) is 0 Å². The van der Waals surface area contributed by atoms with Gasteiger partial charge in [-0.3, -0.25) is 4.79 Å². The average Bonchev–Trinajstić information content (AvgIpc) is 2.30. The third-order valence-electron chi connectivity index (χ3n) is 1.52. The van der Waals surface area contributed by atoms with Crippen molar-refractivity contribution in [3.8, 4) is 0 Å². The molecule has 0 spiro atoms. The van der Waals surface area contributed by atoms with Crippen LogP contribution in [0.15, 0.2) is 42.2 Å². The van der Waals surface area contributed by atoms with Crippen molar-refractivity contribution >= 4 is 17.6 Å². The van der Waals surface area contributed by atoms with Crippen LogP contribution in [0.1, 0.15) is 17.3 Å². The Bertz CT molecular complexity index is 455. The lowest BCUT2D eigenvalue weighted by Gasteiger charge is -1.92. The number of carbonyl (C=O) groups excluding carboxylic acids is 1. The summed E-state index contributed by atoms with van der Waals surface area (Å²) in [4.78, 5) is 22.7. The molecule has 0 saturated heterocycles. The highest BCUT2D eigenvalue weighted by Gasteiger charge is 1.99. The van der Waals surface area contributed by atoms with E-state index in [4.69, 9.17) is 10.6 Å². The lowest BCUT2D eigenvalue weighted by Crippen LogP contribution is -1.93. The van der Waals surface area contributed by atoms with Crippen molar-refractivity contribution in [2.45, 2.75) is 6.92 Å². The van der Waals surface area contributed by atoms with Crippen LogP contribution in [-0.4, -0.2) is 17.0 Å². The van der Waals surface area contributed by atoms with E-state index in [0.717, 1.165) is 6.26 Å². The monoisotopic (exact) mass is 249 g/mol. The van der Waals surface area contributed by atoms with Crippen molar-refractivity contribution in [3.63, 3.8) is 0 Å². The van der Waals surface area contributed by atoms with Crippen LogP contribution in [0.3, 0.4) is 0 Å². The maximum absolute atomic E-state index is 10.4. The number of carboxylic acid groups (broad SMARTS) is 1. The lowest BCUT2D eigenvalue weighted by molar-refractivity contribution is -0.135. The van der Waals surface area contributed by atoms with Crippen LogP contribution in [0.5, 0.6) is 0 Å². The fourth-order valence-corrected chi connectivity index (χ4v) is 0.840. The fraction of sp³-hybridized carbons (Fsp3) is 0.0909. The molecule has 0 amide bonds. The van der Waals surface area contributed by atoms with E-state index in [9.17, 15) is 9.59 Å². The summed E-state index contributed by atoms with van der Waals surface area (Å²) in [5.41, 5.74) is 8.62. The van der Waals surface area contributed by atoms with Gasteiger partial charge >= 0.3 is 11.9 Å². The topological polar surface area (TPSA) is 112 Å². The van der Waals surface area contributed by atoms with Gasteiger partial charge in [-0.05, 0) is 17.7 Å². The third kappa shape index (κ3) is 6.65. The number of azide groups is 1. The van der Waals surface area contributed by atoms with Gasteiger partial charge in [0.05, 0.1) is 11.8 Å². The minimum absolute atomic E-state index is 0.173. The minimum atomic E-state index is -0.998. The molecule has 0 unspecified atom stereocenters. The molecule has 1 N–H and O–H groups in total. The molecule has 1 aromatic rings. The molecule has 0 atom stereocenters. The molecule has 1 rings (SSSR count). The fourth-order valence-electron chi connectivity index (χ4n) is 0.840. The Morgan fingerprint density at radius 1 is 1.44 bits per heavy atom. The van der Waals surface area contributed by atoms with Gasteiger partial charge in [0.25, 0.3) is 0 Å².